The molecule has 7 nitrogen and oxygen atoms in total. The fraction of sp³-hybridized carbons (Fsp3) is 0.154. The van der Waals surface area contributed by atoms with Crippen molar-refractivity contribution in [2.24, 2.45) is 0 Å². The lowest BCUT2D eigenvalue weighted by Gasteiger charge is -2.10. The largest absolute Gasteiger partial charge is 0.478 e. The molecule has 3 N–H and O–H groups in total. The lowest BCUT2D eigenvalue weighted by Crippen LogP contribution is -2.28. The Labute approximate surface area is 114 Å². The molecule has 0 bridgehead atoms. The van der Waals surface area contributed by atoms with Crippen LogP contribution < -0.4 is 10.6 Å². The summed E-state index contributed by atoms with van der Waals surface area (Å²) in [6.45, 7) is 1.83. The van der Waals surface area contributed by atoms with Gasteiger partial charge in [0.25, 0.3) is 0 Å². The number of anilines is 1. The summed E-state index contributed by atoms with van der Waals surface area (Å²) in [6, 6.07) is 5.98. The Morgan fingerprint density at radius 2 is 2.15 bits per heavy atom. The highest BCUT2D eigenvalue weighted by Crippen LogP contribution is 2.19. The van der Waals surface area contributed by atoms with Crippen molar-refractivity contribution >= 4 is 17.7 Å². The maximum atomic E-state index is 11.7. The zero-order chi connectivity index (χ0) is 14.5. The van der Waals surface area contributed by atoms with E-state index >= 15 is 0 Å². The standard InChI is InChI=1S/C13H13N3O4/c1-8-3-2-4-10(11(8)12(17)18)16-13(19)14-7-9-5-6-15-20-9/h2-6H,7H2,1H3,(H,17,18)(H2,14,16,19). The molecule has 0 atom stereocenters. The van der Waals surface area contributed by atoms with Gasteiger partial charge in [0.1, 0.15) is 0 Å². The van der Waals surface area contributed by atoms with Crippen molar-refractivity contribution in [1.82, 2.24) is 10.5 Å². The van der Waals surface area contributed by atoms with Crippen LogP contribution in [-0.2, 0) is 6.54 Å². The minimum absolute atomic E-state index is 0.0716. The molecule has 20 heavy (non-hydrogen) atoms. The first kappa shape index (κ1) is 13.6. The third-order valence-corrected chi connectivity index (χ3v) is 2.65. The average Bonchev–Trinajstić information content (AvgIpc) is 2.89. The van der Waals surface area contributed by atoms with E-state index in [9.17, 15) is 9.59 Å². The van der Waals surface area contributed by atoms with E-state index in [0.717, 1.165) is 0 Å². The number of hydrogen-bond acceptors (Lipinski definition) is 4. The number of urea groups is 1. The van der Waals surface area contributed by atoms with Gasteiger partial charge < -0.3 is 20.3 Å². The highest BCUT2D eigenvalue weighted by molar-refractivity contribution is 6.01. The van der Waals surface area contributed by atoms with Crippen LogP contribution in [0.5, 0.6) is 0 Å². The molecule has 0 aliphatic heterocycles. The van der Waals surface area contributed by atoms with Crippen LogP contribution in [0, 0.1) is 6.92 Å². The normalized spacial score (nSPS) is 10.1. The molecule has 2 aromatic rings. The van der Waals surface area contributed by atoms with Crippen molar-refractivity contribution in [3.63, 3.8) is 0 Å². The number of rotatable bonds is 4. The summed E-state index contributed by atoms with van der Waals surface area (Å²) in [5, 5.41) is 17.7. The predicted octanol–water partition coefficient (Wildman–Crippen LogP) is 2.00. The van der Waals surface area contributed by atoms with Gasteiger partial charge in [0, 0.05) is 6.07 Å². The average molecular weight is 275 g/mol. The van der Waals surface area contributed by atoms with Gasteiger partial charge in [-0.25, -0.2) is 9.59 Å². The monoisotopic (exact) mass is 275 g/mol. The Hall–Kier alpha value is -2.83. The molecule has 1 aromatic carbocycles. The lowest BCUT2D eigenvalue weighted by molar-refractivity contribution is 0.0697. The maximum absolute atomic E-state index is 11.7. The summed E-state index contributed by atoms with van der Waals surface area (Å²) in [4.78, 5) is 22.9. The molecule has 1 aromatic heterocycles. The van der Waals surface area contributed by atoms with Gasteiger partial charge in [-0.05, 0) is 18.6 Å². The van der Waals surface area contributed by atoms with Crippen LogP contribution in [0.4, 0.5) is 10.5 Å². The van der Waals surface area contributed by atoms with Crippen molar-refractivity contribution in [1.29, 1.82) is 0 Å². The lowest BCUT2D eigenvalue weighted by atomic mass is 10.1. The first-order chi connectivity index (χ1) is 9.58. The highest BCUT2D eigenvalue weighted by atomic mass is 16.5. The van der Waals surface area contributed by atoms with E-state index in [1.807, 2.05) is 0 Å². The molecule has 0 saturated heterocycles. The minimum Gasteiger partial charge on any atom is -0.478 e. The number of aromatic nitrogens is 1. The Balaban J connectivity index is 2.04. The quantitative estimate of drug-likeness (QED) is 0.791. The Kier molecular flexibility index (Phi) is 3.99. The summed E-state index contributed by atoms with van der Waals surface area (Å²) in [5.41, 5.74) is 0.889. The molecule has 0 unspecified atom stereocenters. The van der Waals surface area contributed by atoms with Crippen LogP contribution in [0.3, 0.4) is 0 Å². The number of aryl methyl sites for hydroxylation is 1. The summed E-state index contributed by atoms with van der Waals surface area (Å²) in [7, 11) is 0. The van der Waals surface area contributed by atoms with Crippen LogP contribution in [0.25, 0.3) is 0 Å². The minimum atomic E-state index is -1.09. The molecule has 7 heteroatoms. The van der Waals surface area contributed by atoms with Crippen LogP contribution >= 0.6 is 0 Å². The second kappa shape index (κ2) is 5.87. The molecule has 1 heterocycles. The number of carbonyl (C=O) groups excluding carboxylic acids is 1. The van der Waals surface area contributed by atoms with Crippen molar-refractivity contribution in [3.8, 4) is 0 Å². The van der Waals surface area contributed by atoms with E-state index in [1.54, 1.807) is 25.1 Å². The number of aromatic carboxylic acids is 1. The second-order valence-electron chi connectivity index (χ2n) is 4.09. The molecule has 0 radical (unpaired) electrons. The summed E-state index contributed by atoms with van der Waals surface area (Å²) in [5.74, 6) is -0.587. The first-order valence-electron chi connectivity index (χ1n) is 5.85. The van der Waals surface area contributed by atoms with Gasteiger partial charge >= 0.3 is 12.0 Å². The van der Waals surface area contributed by atoms with Gasteiger partial charge in [0.05, 0.1) is 24.0 Å². The number of nitrogens with one attached hydrogen (secondary N) is 2. The van der Waals surface area contributed by atoms with Gasteiger partial charge in [-0.3, -0.25) is 0 Å². The molecule has 0 fully saturated rings. The maximum Gasteiger partial charge on any atom is 0.338 e. The topological polar surface area (TPSA) is 104 Å². The number of nitrogens with zero attached hydrogens (tertiary/aromatic N) is 1. The van der Waals surface area contributed by atoms with Crippen molar-refractivity contribution in [2.75, 3.05) is 5.32 Å². The van der Waals surface area contributed by atoms with Crippen molar-refractivity contribution in [3.05, 3.63) is 47.3 Å². The number of carboxylic acid groups (broad SMARTS) is 1. The number of benzene rings is 1. The third kappa shape index (κ3) is 3.14. The predicted molar refractivity (Wildman–Crippen MR) is 70.5 cm³/mol. The SMILES string of the molecule is Cc1cccc(NC(=O)NCc2ccno2)c1C(=O)O. The molecule has 2 rings (SSSR count). The van der Waals surface area contributed by atoms with Crippen LogP contribution in [0.15, 0.2) is 35.0 Å². The smallest absolute Gasteiger partial charge is 0.338 e. The molecule has 0 spiro atoms. The van der Waals surface area contributed by atoms with Crippen LogP contribution in [-0.4, -0.2) is 22.3 Å². The van der Waals surface area contributed by atoms with E-state index < -0.39 is 12.0 Å². The van der Waals surface area contributed by atoms with Crippen molar-refractivity contribution in [2.45, 2.75) is 13.5 Å². The summed E-state index contributed by atoms with van der Waals surface area (Å²) < 4.78 is 4.83. The Morgan fingerprint density at radius 3 is 2.80 bits per heavy atom. The fourth-order valence-corrected chi connectivity index (χ4v) is 1.72. The molecule has 2 amide bonds. The van der Waals surface area contributed by atoms with E-state index in [4.69, 9.17) is 9.63 Å². The van der Waals surface area contributed by atoms with E-state index in [2.05, 4.69) is 15.8 Å². The zero-order valence-electron chi connectivity index (χ0n) is 10.7. The molecular weight excluding hydrogens is 262 g/mol. The first-order valence-corrected chi connectivity index (χ1v) is 5.85. The number of carboxylic acids is 1. The highest BCUT2D eigenvalue weighted by Gasteiger charge is 2.14. The van der Waals surface area contributed by atoms with E-state index in [0.29, 0.717) is 11.3 Å². The zero-order valence-corrected chi connectivity index (χ0v) is 10.7. The molecule has 0 aliphatic carbocycles. The number of carbonyl (C=O) groups is 2. The van der Waals surface area contributed by atoms with Crippen LogP contribution in [0.2, 0.25) is 0 Å². The van der Waals surface area contributed by atoms with Gasteiger partial charge in [-0.1, -0.05) is 17.3 Å². The molecule has 104 valence electrons. The van der Waals surface area contributed by atoms with Crippen molar-refractivity contribution < 1.29 is 19.2 Å². The number of hydrogen-bond donors (Lipinski definition) is 3. The molecule has 0 saturated carbocycles. The second-order valence-corrected chi connectivity index (χ2v) is 4.09. The van der Waals surface area contributed by atoms with Gasteiger partial charge in [-0.15, -0.1) is 0 Å². The number of amides is 2. The van der Waals surface area contributed by atoms with E-state index in [-0.39, 0.29) is 17.8 Å². The van der Waals surface area contributed by atoms with Crippen LogP contribution in [0.1, 0.15) is 21.7 Å². The molecular formula is C13H13N3O4. The fourth-order valence-electron chi connectivity index (χ4n) is 1.72. The van der Waals surface area contributed by atoms with Gasteiger partial charge in [0.2, 0.25) is 0 Å². The van der Waals surface area contributed by atoms with Gasteiger partial charge in [-0.2, -0.15) is 0 Å². The Bertz CT molecular complexity index is 623. The molecule has 0 aliphatic rings. The third-order valence-electron chi connectivity index (χ3n) is 2.65. The van der Waals surface area contributed by atoms with Gasteiger partial charge in [0.15, 0.2) is 5.76 Å². The summed E-state index contributed by atoms with van der Waals surface area (Å²) in [6.07, 6.45) is 1.47. The van der Waals surface area contributed by atoms with E-state index in [1.165, 1.54) is 12.3 Å². The Morgan fingerprint density at radius 1 is 1.35 bits per heavy atom. The summed E-state index contributed by atoms with van der Waals surface area (Å²) >= 11 is 0.